The average molecular weight is 681 g/mol. The Morgan fingerprint density at radius 2 is 1.56 bits per heavy atom. The number of alkyl halides is 6. The van der Waals surface area contributed by atoms with Crippen LogP contribution in [-0.4, -0.2) is 91.8 Å². The van der Waals surface area contributed by atoms with Crippen LogP contribution in [0.4, 0.5) is 32.0 Å². The number of aromatic nitrogens is 1. The number of piperazine rings is 1. The summed E-state index contributed by atoms with van der Waals surface area (Å²) in [6.07, 6.45) is -7.41. The molecule has 2 aromatic carbocycles. The Bertz CT molecular complexity index is 1580. The van der Waals surface area contributed by atoms with Crippen molar-refractivity contribution in [2.24, 2.45) is 0 Å². The molecule has 1 atom stereocenters. The largest absolute Gasteiger partial charge is 0.489 e. The molecule has 0 N–H and O–H groups in total. The Hall–Kier alpha value is -4.53. The second kappa shape index (κ2) is 14.3. The monoisotopic (exact) mass is 680 g/mol. The van der Waals surface area contributed by atoms with Gasteiger partial charge in [0.25, 0.3) is 11.8 Å². The SMILES string of the molecule is COCCOc1ccccc1N1CCN(C(=O)C2(Oc3ccc(C(F)(F)F)cc3)CCCN(C(=O)c3cnccc3C(F)(F)F)C2)CC1. The van der Waals surface area contributed by atoms with Gasteiger partial charge in [-0.15, -0.1) is 0 Å². The number of nitrogens with zero attached hydrogens (tertiary/aromatic N) is 4. The number of likely N-dealkylation sites (tertiary alicyclic amines) is 1. The molecular weight excluding hydrogens is 646 g/mol. The van der Waals surface area contributed by atoms with E-state index in [0.717, 1.165) is 47.2 Å². The van der Waals surface area contributed by atoms with E-state index >= 15 is 0 Å². The zero-order valence-corrected chi connectivity index (χ0v) is 26.0. The Morgan fingerprint density at radius 3 is 2.23 bits per heavy atom. The summed E-state index contributed by atoms with van der Waals surface area (Å²) >= 11 is 0. The molecule has 0 bridgehead atoms. The lowest BCUT2D eigenvalue weighted by atomic mass is 9.89. The van der Waals surface area contributed by atoms with Crippen LogP contribution in [-0.2, 0) is 21.9 Å². The smallest absolute Gasteiger partial charge is 0.417 e. The first-order valence-corrected chi connectivity index (χ1v) is 15.2. The van der Waals surface area contributed by atoms with Crippen LogP contribution >= 0.6 is 0 Å². The maximum Gasteiger partial charge on any atom is 0.417 e. The Balaban J connectivity index is 1.40. The maximum atomic E-state index is 14.4. The fourth-order valence-corrected chi connectivity index (χ4v) is 5.93. The number of para-hydroxylation sites is 2. The van der Waals surface area contributed by atoms with E-state index in [0.29, 0.717) is 38.1 Å². The number of halogens is 6. The lowest BCUT2D eigenvalue weighted by molar-refractivity contribution is -0.153. The fraction of sp³-hybridized carbons (Fsp3) is 0.424. The highest BCUT2D eigenvalue weighted by atomic mass is 19.4. The number of anilines is 1. The molecule has 0 spiro atoms. The minimum atomic E-state index is -4.83. The molecule has 2 saturated heterocycles. The molecule has 0 radical (unpaired) electrons. The van der Waals surface area contributed by atoms with Gasteiger partial charge in [-0.25, -0.2) is 0 Å². The summed E-state index contributed by atoms with van der Waals surface area (Å²) in [5.41, 5.74) is -3.73. The third-order valence-electron chi connectivity index (χ3n) is 8.30. The van der Waals surface area contributed by atoms with Gasteiger partial charge in [0.2, 0.25) is 5.60 Å². The number of rotatable bonds is 9. The van der Waals surface area contributed by atoms with Crippen LogP contribution in [0.1, 0.15) is 34.3 Å². The molecule has 258 valence electrons. The molecule has 48 heavy (non-hydrogen) atoms. The molecule has 5 rings (SSSR count). The molecular formula is C33H34F6N4O5. The van der Waals surface area contributed by atoms with Gasteiger partial charge in [0, 0.05) is 52.2 Å². The van der Waals surface area contributed by atoms with E-state index in [1.54, 1.807) is 12.0 Å². The Labute approximate surface area is 273 Å². The average Bonchev–Trinajstić information content (AvgIpc) is 3.07. The van der Waals surface area contributed by atoms with Crippen molar-refractivity contribution in [1.82, 2.24) is 14.8 Å². The molecule has 2 aliphatic heterocycles. The van der Waals surface area contributed by atoms with E-state index in [-0.39, 0.29) is 38.2 Å². The lowest BCUT2D eigenvalue weighted by Crippen LogP contribution is -2.64. The number of carbonyl (C=O) groups is 2. The van der Waals surface area contributed by atoms with Gasteiger partial charge in [-0.3, -0.25) is 14.6 Å². The van der Waals surface area contributed by atoms with E-state index in [1.165, 1.54) is 0 Å². The van der Waals surface area contributed by atoms with E-state index in [2.05, 4.69) is 4.98 Å². The number of pyridine rings is 1. The van der Waals surface area contributed by atoms with Crippen molar-refractivity contribution in [1.29, 1.82) is 0 Å². The van der Waals surface area contributed by atoms with Crippen molar-refractivity contribution >= 4 is 17.5 Å². The van der Waals surface area contributed by atoms with Crippen LogP contribution in [0.25, 0.3) is 0 Å². The van der Waals surface area contributed by atoms with E-state index in [9.17, 15) is 35.9 Å². The van der Waals surface area contributed by atoms with Gasteiger partial charge in [0.05, 0.1) is 35.5 Å². The summed E-state index contributed by atoms with van der Waals surface area (Å²) in [7, 11) is 1.57. The number of carbonyl (C=O) groups excluding carboxylic acids is 2. The first-order chi connectivity index (χ1) is 22.8. The molecule has 2 fully saturated rings. The zero-order chi connectivity index (χ0) is 34.5. The number of ether oxygens (including phenoxy) is 3. The van der Waals surface area contributed by atoms with Crippen molar-refractivity contribution in [2.45, 2.75) is 30.8 Å². The number of piperidine rings is 1. The van der Waals surface area contributed by atoms with Gasteiger partial charge in [0.1, 0.15) is 18.1 Å². The van der Waals surface area contributed by atoms with Crippen molar-refractivity contribution in [3.05, 3.63) is 83.7 Å². The summed E-state index contributed by atoms with van der Waals surface area (Å²) in [4.78, 5) is 36.3. The molecule has 9 nitrogen and oxygen atoms in total. The number of hydrogen-bond donors (Lipinski definition) is 0. The van der Waals surface area contributed by atoms with Crippen molar-refractivity contribution in [2.75, 3.05) is 64.5 Å². The van der Waals surface area contributed by atoms with Crippen molar-refractivity contribution in [3.63, 3.8) is 0 Å². The van der Waals surface area contributed by atoms with Crippen molar-refractivity contribution < 1.29 is 50.1 Å². The van der Waals surface area contributed by atoms with Crippen LogP contribution in [0.5, 0.6) is 11.5 Å². The van der Waals surface area contributed by atoms with E-state index < -0.39 is 53.0 Å². The lowest BCUT2D eigenvalue weighted by Gasteiger charge is -2.45. The van der Waals surface area contributed by atoms with Crippen molar-refractivity contribution in [3.8, 4) is 11.5 Å². The first-order valence-electron chi connectivity index (χ1n) is 15.2. The van der Waals surface area contributed by atoms with Gasteiger partial charge in [-0.2, -0.15) is 26.3 Å². The highest BCUT2D eigenvalue weighted by molar-refractivity contribution is 5.96. The molecule has 3 aromatic rings. The minimum absolute atomic E-state index is 0.0318. The zero-order valence-electron chi connectivity index (χ0n) is 26.0. The fourth-order valence-electron chi connectivity index (χ4n) is 5.93. The van der Waals surface area contributed by atoms with Crippen LogP contribution in [0, 0.1) is 0 Å². The minimum Gasteiger partial charge on any atom is -0.489 e. The third kappa shape index (κ3) is 7.77. The predicted octanol–water partition coefficient (Wildman–Crippen LogP) is 5.55. The number of hydrogen-bond acceptors (Lipinski definition) is 7. The van der Waals surface area contributed by atoms with Crippen LogP contribution in [0.15, 0.2) is 67.0 Å². The highest BCUT2D eigenvalue weighted by Gasteiger charge is 2.49. The van der Waals surface area contributed by atoms with Crippen LogP contribution in [0.2, 0.25) is 0 Å². The first kappa shape index (κ1) is 34.8. The second-order valence-electron chi connectivity index (χ2n) is 11.5. The molecule has 1 unspecified atom stereocenters. The molecule has 0 aliphatic carbocycles. The van der Waals surface area contributed by atoms with Gasteiger partial charge >= 0.3 is 12.4 Å². The van der Waals surface area contributed by atoms with E-state index in [1.807, 2.05) is 29.2 Å². The van der Waals surface area contributed by atoms with Crippen LogP contribution < -0.4 is 14.4 Å². The molecule has 15 heteroatoms. The standard InChI is InChI=1S/C33H34F6N4O5/c1-46-19-20-47-28-6-3-2-5-27(28)41-15-17-42(18-16-41)30(45)31(48-24-9-7-23(8-10-24)32(34,35)36)12-4-14-43(22-31)29(44)25-21-40-13-11-26(25)33(37,38)39/h2-3,5-11,13,21H,4,12,14-20,22H2,1H3. The van der Waals surface area contributed by atoms with E-state index in [4.69, 9.17) is 14.2 Å². The number of methoxy groups -OCH3 is 1. The number of amides is 2. The number of benzene rings is 2. The summed E-state index contributed by atoms with van der Waals surface area (Å²) in [6.45, 7) is 1.62. The topological polar surface area (TPSA) is 84.4 Å². The highest BCUT2D eigenvalue weighted by Crippen LogP contribution is 2.37. The summed E-state index contributed by atoms with van der Waals surface area (Å²) in [5, 5.41) is 0. The van der Waals surface area contributed by atoms with Gasteiger partial charge in [-0.05, 0) is 55.3 Å². The molecule has 0 saturated carbocycles. The quantitative estimate of drug-likeness (QED) is 0.217. The third-order valence-corrected chi connectivity index (χ3v) is 8.30. The summed E-state index contributed by atoms with van der Waals surface area (Å²) < 4.78 is 98.2. The van der Waals surface area contributed by atoms with Gasteiger partial charge < -0.3 is 28.9 Å². The molecule has 3 heterocycles. The Kier molecular flexibility index (Phi) is 10.4. The van der Waals surface area contributed by atoms with Gasteiger partial charge in [-0.1, -0.05) is 12.1 Å². The van der Waals surface area contributed by atoms with Gasteiger partial charge in [0.15, 0.2) is 0 Å². The molecule has 1 aromatic heterocycles. The summed E-state index contributed by atoms with van der Waals surface area (Å²) in [6, 6.07) is 11.9. The molecule has 2 aliphatic rings. The predicted molar refractivity (Wildman–Crippen MR) is 162 cm³/mol. The maximum absolute atomic E-state index is 14.4. The second-order valence-corrected chi connectivity index (χ2v) is 11.5. The molecule has 2 amide bonds. The normalized spacial score (nSPS) is 18.9. The Morgan fingerprint density at radius 1 is 0.854 bits per heavy atom. The summed E-state index contributed by atoms with van der Waals surface area (Å²) in [5.74, 6) is -0.917. The van der Waals surface area contributed by atoms with Crippen LogP contribution in [0.3, 0.4) is 0 Å².